The van der Waals surface area contributed by atoms with Gasteiger partial charge in [-0.3, -0.25) is 0 Å². The van der Waals surface area contributed by atoms with Gasteiger partial charge in [0.15, 0.2) is 0 Å². The molecule has 1 heterocycles. The van der Waals surface area contributed by atoms with Crippen molar-refractivity contribution in [3.8, 4) is 0 Å². The van der Waals surface area contributed by atoms with E-state index in [2.05, 4.69) is 20.0 Å². The van der Waals surface area contributed by atoms with Crippen LogP contribution in [0.4, 0.5) is 38.1 Å². The molecule has 1 aliphatic rings. The second-order valence-electron chi connectivity index (χ2n) is 10.6. The van der Waals surface area contributed by atoms with Crippen LogP contribution >= 0.6 is 0 Å². The Bertz CT molecular complexity index is 1440. The van der Waals surface area contributed by atoms with E-state index < -0.39 is 44.8 Å². The van der Waals surface area contributed by atoms with E-state index in [1.807, 2.05) is 43.3 Å². The molecule has 2 N–H and O–H groups in total. The maximum absolute atomic E-state index is 13.1. The molecule has 1 fully saturated rings. The van der Waals surface area contributed by atoms with Gasteiger partial charge in [-0.15, -0.1) is 0 Å². The van der Waals surface area contributed by atoms with Crippen LogP contribution < -0.4 is 14.9 Å². The molecular weight excluding hydrogens is 572 g/mol. The van der Waals surface area contributed by atoms with Gasteiger partial charge in [0.2, 0.25) is 16.0 Å². The number of hydrogen-bond donors (Lipinski definition) is 2. The van der Waals surface area contributed by atoms with E-state index in [1.165, 1.54) is 0 Å². The first kappa shape index (κ1) is 30.8. The zero-order valence-corrected chi connectivity index (χ0v) is 23.3. The minimum atomic E-state index is -5.05. The van der Waals surface area contributed by atoms with E-state index in [9.17, 15) is 34.8 Å². The second-order valence-corrected chi connectivity index (χ2v) is 12.4. The first-order valence-corrected chi connectivity index (χ1v) is 14.7. The van der Waals surface area contributed by atoms with Crippen molar-refractivity contribution < 1.29 is 34.8 Å². The first-order chi connectivity index (χ1) is 19.1. The van der Waals surface area contributed by atoms with Gasteiger partial charge in [0.25, 0.3) is 0 Å². The van der Waals surface area contributed by atoms with Crippen molar-refractivity contribution in [1.29, 1.82) is 0 Å². The van der Waals surface area contributed by atoms with Crippen molar-refractivity contribution in [3.05, 3.63) is 59.2 Å². The Morgan fingerprint density at radius 3 is 1.98 bits per heavy atom. The summed E-state index contributed by atoms with van der Waals surface area (Å²) in [5.74, 6) is 0.650. The van der Waals surface area contributed by atoms with Gasteiger partial charge in [0, 0.05) is 32.6 Å². The van der Waals surface area contributed by atoms with E-state index in [1.54, 1.807) is 0 Å². The molecule has 1 saturated carbocycles. The number of aromatic nitrogens is 2. The van der Waals surface area contributed by atoms with Crippen molar-refractivity contribution in [1.82, 2.24) is 14.7 Å². The van der Waals surface area contributed by atoms with Crippen molar-refractivity contribution in [2.24, 2.45) is 11.8 Å². The number of nitrogens with one attached hydrogen (secondary N) is 2. The Morgan fingerprint density at radius 2 is 1.41 bits per heavy atom. The molecule has 1 aromatic heterocycles. The van der Waals surface area contributed by atoms with E-state index in [-0.39, 0.29) is 18.5 Å². The highest BCUT2D eigenvalue weighted by molar-refractivity contribution is 7.88. The average molecular weight is 604 g/mol. The van der Waals surface area contributed by atoms with Crippen LogP contribution in [0.3, 0.4) is 0 Å². The summed E-state index contributed by atoms with van der Waals surface area (Å²) in [6.45, 7) is 0.703. The Balaban J connectivity index is 1.30. The summed E-state index contributed by atoms with van der Waals surface area (Å²) in [6, 6.07) is 8.57. The third kappa shape index (κ3) is 8.22. The molecule has 1 aliphatic carbocycles. The molecule has 0 saturated heterocycles. The van der Waals surface area contributed by atoms with Crippen molar-refractivity contribution >= 4 is 32.7 Å². The smallest absolute Gasteiger partial charge is 0.362 e. The predicted molar refractivity (Wildman–Crippen MR) is 145 cm³/mol. The Kier molecular flexibility index (Phi) is 9.02. The molecule has 7 nitrogen and oxygen atoms in total. The van der Waals surface area contributed by atoms with Gasteiger partial charge in [-0.2, -0.15) is 31.3 Å². The highest BCUT2D eigenvalue weighted by Gasteiger charge is 2.37. The SMILES string of the molecule is CN(C)c1nc(NC[C@H]2CC[C@H](CNS(=O)(=O)Cc3cc(C(F)(F)F)cc(C(F)(F)F)c3)CC2)nc2ccccc12. The standard InChI is InChI=1S/C27H31F6N5O2S/c1-38(2)24-22-5-3-4-6-23(22)36-25(37-24)34-14-17-7-9-18(10-8-17)15-35-41(39,40)16-19-11-20(26(28,29)30)13-21(12-19)27(31,32)33/h3-6,11-13,17-18,35H,7-10,14-16H2,1-2H3,(H,34,36,37)/t17-,18-. The normalized spacial score (nSPS) is 18.4. The van der Waals surface area contributed by atoms with Gasteiger partial charge < -0.3 is 10.2 Å². The van der Waals surface area contributed by atoms with Crippen LogP contribution in [-0.4, -0.2) is 45.6 Å². The van der Waals surface area contributed by atoms with Crippen molar-refractivity contribution in [2.45, 2.75) is 43.8 Å². The second kappa shape index (κ2) is 12.0. The molecule has 0 aliphatic heterocycles. The molecule has 0 atom stereocenters. The van der Waals surface area contributed by atoms with Gasteiger partial charge >= 0.3 is 12.4 Å². The maximum atomic E-state index is 13.1. The largest absolute Gasteiger partial charge is 0.416 e. The molecule has 0 bridgehead atoms. The number of sulfonamides is 1. The molecule has 4 rings (SSSR count). The zero-order valence-electron chi connectivity index (χ0n) is 22.5. The van der Waals surface area contributed by atoms with E-state index in [4.69, 9.17) is 0 Å². The fourth-order valence-electron chi connectivity index (χ4n) is 4.97. The Morgan fingerprint density at radius 1 is 0.854 bits per heavy atom. The number of para-hydroxylation sites is 1. The van der Waals surface area contributed by atoms with Gasteiger partial charge in [-0.1, -0.05) is 12.1 Å². The van der Waals surface area contributed by atoms with Crippen molar-refractivity contribution in [3.63, 3.8) is 0 Å². The minimum Gasteiger partial charge on any atom is -0.362 e. The summed E-state index contributed by atoms with van der Waals surface area (Å²) in [5.41, 5.74) is -2.85. The van der Waals surface area contributed by atoms with Gasteiger partial charge in [-0.05, 0) is 73.4 Å². The van der Waals surface area contributed by atoms with Crippen LogP contribution in [0.15, 0.2) is 42.5 Å². The highest BCUT2D eigenvalue weighted by atomic mass is 32.2. The molecule has 14 heteroatoms. The minimum absolute atomic E-state index is 0.00512. The highest BCUT2D eigenvalue weighted by Crippen LogP contribution is 2.37. The molecule has 0 spiro atoms. The summed E-state index contributed by atoms with van der Waals surface area (Å²) in [7, 11) is -0.345. The monoisotopic (exact) mass is 603 g/mol. The Hall–Kier alpha value is -3.13. The number of fused-ring (bicyclic) bond motifs is 1. The van der Waals surface area contributed by atoms with Crippen molar-refractivity contribution in [2.75, 3.05) is 37.4 Å². The van der Waals surface area contributed by atoms with Gasteiger partial charge in [-0.25, -0.2) is 18.1 Å². The quantitative estimate of drug-likeness (QED) is 0.289. The zero-order chi connectivity index (χ0) is 30.0. The average Bonchev–Trinajstić information content (AvgIpc) is 2.89. The number of halogens is 6. The number of benzene rings is 2. The third-order valence-electron chi connectivity index (χ3n) is 7.12. The fraction of sp³-hybridized carbons (Fsp3) is 0.481. The summed E-state index contributed by atoms with van der Waals surface area (Å²) in [4.78, 5) is 11.1. The molecule has 0 radical (unpaired) electrons. The van der Waals surface area contributed by atoms with Crippen LogP contribution in [0.5, 0.6) is 0 Å². The summed E-state index contributed by atoms with van der Waals surface area (Å²) >= 11 is 0. The van der Waals surface area contributed by atoms with Crippen LogP contribution in [-0.2, 0) is 28.1 Å². The molecular formula is C27H31F6N5O2S. The maximum Gasteiger partial charge on any atom is 0.416 e. The van der Waals surface area contributed by atoms with E-state index in [0.717, 1.165) is 42.4 Å². The van der Waals surface area contributed by atoms with Crippen LogP contribution in [0.25, 0.3) is 10.9 Å². The molecule has 41 heavy (non-hydrogen) atoms. The molecule has 2 aromatic carbocycles. The number of nitrogens with zero attached hydrogens (tertiary/aromatic N) is 3. The lowest BCUT2D eigenvalue weighted by molar-refractivity contribution is -0.143. The molecule has 0 amide bonds. The number of anilines is 2. The van der Waals surface area contributed by atoms with Crippen LogP contribution in [0, 0.1) is 11.8 Å². The number of rotatable bonds is 9. The molecule has 3 aromatic rings. The third-order valence-corrected chi connectivity index (χ3v) is 8.44. The summed E-state index contributed by atoms with van der Waals surface area (Å²) in [6.07, 6.45) is -7.02. The predicted octanol–water partition coefficient (Wildman–Crippen LogP) is 6.07. The van der Waals surface area contributed by atoms with Crippen LogP contribution in [0.1, 0.15) is 42.4 Å². The number of alkyl halides is 6. The van der Waals surface area contributed by atoms with Crippen LogP contribution in [0.2, 0.25) is 0 Å². The van der Waals surface area contributed by atoms with E-state index in [0.29, 0.717) is 30.5 Å². The fourth-order valence-corrected chi connectivity index (χ4v) is 6.17. The molecule has 0 unspecified atom stereocenters. The summed E-state index contributed by atoms with van der Waals surface area (Å²) in [5, 5.41) is 4.25. The topological polar surface area (TPSA) is 87.2 Å². The van der Waals surface area contributed by atoms with E-state index >= 15 is 0 Å². The lowest BCUT2D eigenvalue weighted by Crippen LogP contribution is -2.33. The number of hydrogen-bond acceptors (Lipinski definition) is 6. The lowest BCUT2D eigenvalue weighted by Gasteiger charge is -2.29. The van der Waals surface area contributed by atoms with Gasteiger partial charge in [0.05, 0.1) is 22.4 Å². The Labute approximate surface area is 234 Å². The first-order valence-electron chi connectivity index (χ1n) is 13.0. The summed E-state index contributed by atoms with van der Waals surface area (Å²) < 4.78 is 106. The van der Waals surface area contributed by atoms with Gasteiger partial charge in [0.1, 0.15) is 5.82 Å². The lowest BCUT2D eigenvalue weighted by atomic mass is 9.82. The molecule has 224 valence electrons.